The van der Waals surface area contributed by atoms with Crippen LogP contribution in [0.5, 0.6) is 0 Å². The third-order valence-corrected chi connectivity index (χ3v) is 3.32. The van der Waals surface area contributed by atoms with Crippen molar-refractivity contribution in [3.63, 3.8) is 0 Å². The van der Waals surface area contributed by atoms with Crippen LogP contribution in [0, 0.1) is 0 Å². The predicted octanol–water partition coefficient (Wildman–Crippen LogP) is 0.0353. The molecule has 18 heavy (non-hydrogen) atoms. The molecule has 0 spiro atoms. The fourth-order valence-corrected chi connectivity index (χ4v) is 2.43. The van der Waals surface area contributed by atoms with E-state index in [9.17, 15) is 0 Å². The van der Waals surface area contributed by atoms with Crippen molar-refractivity contribution < 1.29 is 4.74 Å². The number of morpholine rings is 1. The Morgan fingerprint density at radius 3 is 3.11 bits per heavy atom. The third kappa shape index (κ3) is 3.08. The molecule has 0 saturated carbocycles. The Labute approximate surface area is 108 Å². The van der Waals surface area contributed by atoms with Crippen LogP contribution in [0.25, 0.3) is 0 Å². The lowest BCUT2D eigenvalue weighted by molar-refractivity contribution is -0.0478. The Morgan fingerprint density at radius 2 is 2.50 bits per heavy atom. The molecule has 6 nitrogen and oxygen atoms in total. The van der Waals surface area contributed by atoms with Crippen molar-refractivity contribution in [2.45, 2.75) is 25.5 Å². The Morgan fingerprint density at radius 1 is 1.67 bits per heavy atom. The van der Waals surface area contributed by atoms with E-state index in [2.05, 4.69) is 22.3 Å². The lowest BCUT2D eigenvalue weighted by Gasteiger charge is -2.36. The third-order valence-electron chi connectivity index (χ3n) is 3.32. The molecule has 1 aliphatic rings. The van der Waals surface area contributed by atoms with Gasteiger partial charge in [-0.15, -0.1) is 0 Å². The van der Waals surface area contributed by atoms with E-state index >= 15 is 0 Å². The van der Waals surface area contributed by atoms with E-state index in [0.29, 0.717) is 0 Å². The van der Waals surface area contributed by atoms with Gasteiger partial charge in [0.1, 0.15) is 0 Å². The van der Waals surface area contributed by atoms with E-state index in [4.69, 9.17) is 10.6 Å². The standard InChI is InChI=1S/C12H23N5O/c1-3-5-17-7-8-18-11(9-17)12(14-13)10-4-6-16(2)15-10/h4,6,11-12,14H,3,5,7-9,13H2,1-2H3. The molecule has 1 fully saturated rings. The first kappa shape index (κ1) is 13.5. The van der Waals surface area contributed by atoms with Crippen LogP contribution in [0.1, 0.15) is 25.1 Å². The van der Waals surface area contributed by atoms with Crippen LogP contribution in [-0.2, 0) is 11.8 Å². The Bertz CT molecular complexity index is 365. The topological polar surface area (TPSA) is 68.3 Å². The summed E-state index contributed by atoms with van der Waals surface area (Å²) in [6.07, 6.45) is 3.15. The number of rotatable bonds is 5. The van der Waals surface area contributed by atoms with E-state index in [1.807, 2.05) is 19.3 Å². The highest BCUT2D eigenvalue weighted by Crippen LogP contribution is 2.20. The number of nitrogens with one attached hydrogen (secondary N) is 1. The number of aromatic nitrogens is 2. The quantitative estimate of drug-likeness (QED) is 0.572. The zero-order chi connectivity index (χ0) is 13.0. The minimum Gasteiger partial charge on any atom is -0.373 e. The van der Waals surface area contributed by atoms with E-state index < -0.39 is 0 Å². The summed E-state index contributed by atoms with van der Waals surface area (Å²) in [5, 5.41) is 4.40. The number of hydrazine groups is 1. The molecule has 102 valence electrons. The van der Waals surface area contributed by atoms with Gasteiger partial charge in [0.05, 0.1) is 24.4 Å². The molecule has 2 atom stereocenters. The zero-order valence-corrected chi connectivity index (χ0v) is 11.2. The van der Waals surface area contributed by atoms with Crippen molar-refractivity contribution in [2.75, 3.05) is 26.2 Å². The summed E-state index contributed by atoms with van der Waals surface area (Å²) in [5.74, 6) is 5.67. The molecule has 1 aromatic heterocycles. The van der Waals surface area contributed by atoms with Gasteiger partial charge in [0.2, 0.25) is 0 Å². The van der Waals surface area contributed by atoms with Gasteiger partial charge in [-0.1, -0.05) is 6.92 Å². The van der Waals surface area contributed by atoms with Crippen molar-refractivity contribution in [1.29, 1.82) is 0 Å². The van der Waals surface area contributed by atoms with Gasteiger partial charge in [-0.2, -0.15) is 5.10 Å². The van der Waals surface area contributed by atoms with Gasteiger partial charge in [-0.25, -0.2) is 5.43 Å². The number of nitrogens with zero attached hydrogens (tertiary/aromatic N) is 3. The van der Waals surface area contributed by atoms with Crippen LogP contribution in [0.15, 0.2) is 12.3 Å². The highest BCUT2D eigenvalue weighted by molar-refractivity contribution is 5.08. The molecule has 2 heterocycles. The lowest BCUT2D eigenvalue weighted by atomic mass is 10.1. The van der Waals surface area contributed by atoms with Crippen molar-refractivity contribution >= 4 is 0 Å². The summed E-state index contributed by atoms with van der Waals surface area (Å²) in [6.45, 7) is 5.97. The van der Waals surface area contributed by atoms with Gasteiger partial charge >= 0.3 is 0 Å². The molecule has 1 aromatic rings. The first-order valence-corrected chi connectivity index (χ1v) is 6.54. The smallest absolute Gasteiger partial charge is 0.0925 e. The van der Waals surface area contributed by atoms with Crippen LogP contribution in [0.3, 0.4) is 0 Å². The molecular formula is C12H23N5O. The fraction of sp³-hybridized carbons (Fsp3) is 0.750. The first-order chi connectivity index (χ1) is 8.74. The van der Waals surface area contributed by atoms with Crippen molar-refractivity contribution in [3.8, 4) is 0 Å². The average Bonchev–Trinajstić information content (AvgIpc) is 2.78. The highest BCUT2D eigenvalue weighted by atomic mass is 16.5. The SMILES string of the molecule is CCCN1CCOC(C(NN)c2ccn(C)n2)C1. The molecule has 0 radical (unpaired) electrons. The van der Waals surface area contributed by atoms with E-state index in [1.165, 1.54) is 0 Å². The van der Waals surface area contributed by atoms with Crippen LogP contribution < -0.4 is 11.3 Å². The second-order valence-corrected chi connectivity index (χ2v) is 4.77. The molecule has 0 aliphatic carbocycles. The number of hydrogen-bond acceptors (Lipinski definition) is 5. The van der Waals surface area contributed by atoms with Gasteiger partial charge < -0.3 is 4.74 Å². The second-order valence-electron chi connectivity index (χ2n) is 4.77. The Balaban J connectivity index is 2.03. The number of nitrogens with two attached hydrogens (primary N) is 1. The van der Waals surface area contributed by atoms with Gasteiger partial charge in [-0.05, 0) is 19.0 Å². The molecule has 1 saturated heterocycles. The van der Waals surface area contributed by atoms with E-state index in [1.54, 1.807) is 4.68 Å². The van der Waals surface area contributed by atoms with E-state index in [-0.39, 0.29) is 12.1 Å². The summed E-state index contributed by atoms with van der Waals surface area (Å²) >= 11 is 0. The Kier molecular flexibility index (Phi) is 4.71. The van der Waals surface area contributed by atoms with Crippen LogP contribution in [0.4, 0.5) is 0 Å². The first-order valence-electron chi connectivity index (χ1n) is 6.54. The maximum atomic E-state index is 5.84. The number of hydrogen-bond donors (Lipinski definition) is 2. The normalized spacial score (nSPS) is 23.2. The zero-order valence-electron chi connectivity index (χ0n) is 11.2. The fourth-order valence-electron chi connectivity index (χ4n) is 2.43. The minimum atomic E-state index is -0.0501. The van der Waals surface area contributed by atoms with Crippen LogP contribution in [0.2, 0.25) is 0 Å². The maximum Gasteiger partial charge on any atom is 0.0925 e. The van der Waals surface area contributed by atoms with E-state index in [0.717, 1.165) is 38.4 Å². The number of aryl methyl sites for hydroxylation is 1. The molecule has 6 heteroatoms. The molecular weight excluding hydrogens is 230 g/mol. The maximum absolute atomic E-state index is 5.84. The van der Waals surface area contributed by atoms with Gasteiger partial charge in [-0.3, -0.25) is 15.4 Å². The molecule has 1 aliphatic heterocycles. The molecule has 3 N–H and O–H groups in total. The van der Waals surface area contributed by atoms with Crippen molar-refractivity contribution in [1.82, 2.24) is 20.1 Å². The molecule has 2 unspecified atom stereocenters. The molecule has 0 bridgehead atoms. The molecule has 2 rings (SSSR count). The number of ether oxygens (including phenoxy) is 1. The van der Waals surface area contributed by atoms with Crippen LogP contribution in [-0.4, -0.2) is 47.0 Å². The summed E-state index contributed by atoms with van der Waals surface area (Å²) in [7, 11) is 1.90. The van der Waals surface area contributed by atoms with Crippen molar-refractivity contribution in [2.24, 2.45) is 12.9 Å². The van der Waals surface area contributed by atoms with Gasteiger partial charge in [0.15, 0.2) is 0 Å². The monoisotopic (exact) mass is 253 g/mol. The average molecular weight is 253 g/mol. The molecule has 0 aromatic carbocycles. The van der Waals surface area contributed by atoms with Gasteiger partial charge in [0, 0.05) is 26.3 Å². The largest absolute Gasteiger partial charge is 0.373 e. The second kappa shape index (κ2) is 6.29. The summed E-state index contributed by atoms with van der Waals surface area (Å²) in [6, 6.07) is 1.93. The predicted molar refractivity (Wildman–Crippen MR) is 69.7 cm³/mol. The minimum absolute atomic E-state index is 0.0501. The van der Waals surface area contributed by atoms with Gasteiger partial charge in [0.25, 0.3) is 0 Å². The lowest BCUT2D eigenvalue weighted by Crippen LogP contribution is -2.49. The summed E-state index contributed by atoms with van der Waals surface area (Å²) in [5.41, 5.74) is 3.77. The Hall–Kier alpha value is -0.950. The molecule has 0 amide bonds. The summed E-state index contributed by atoms with van der Waals surface area (Å²) < 4.78 is 7.62. The highest BCUT2D eigenvalue weighted by Gasteiger charge is 2.29. The van der Waals surface area contributed by atoms with Crippen molar-refractivity contribution in [3.05, 3.63) is 18.0 Å². The summed E-state index contributed by atoms with van der Waals surface area (Å²) in [4.78, 5) is 2.42. The van der Waals surface area contributed by atoms with Crippen LogP contribution >= 0.6 is 0 Å².